The third-order valence-corrected chi connectivity index (χ3v) is 8.61. The minimum atomic E-state index is -3.80. The Morgan fingerprint density at radius 1 is 1.03 bits per heavy atom. The molecule has 174 valence electrons. The van der Waals surface area contributed by atoms with Gasteiger partial charge in [-0.25, -0.2) is 12.8 Å². The average Bonchev–Trinajstić information content (AvgIpc) is 3.33. The SMILES string of the molecule is N#Cc1ccccc1S(=O)(=O)N1CCN(C(=O)CNC2(c3ccc(F)cc3)CCCC2)CC1. The van der Waals surface area contributed by atoms with Gasteiger partial charge in [-0.15, -0.1) is 0 Å². The van der Waals surface area contributed by atoms with Crippen LogP contribution in [0.25, 0.3) is 0 Å². The molecular weight excluding hydrogens is 443 g/mol. The average molecular weight is 471 g/mol. The number of nitriles is 1. The van der Waals surface area contributed by atoms with Gasteiger partial charge in [-0.1, -0.05) is 37.1 Å². The zero-order chi connectivity index (χ0) is 23.5. The highest BCUT2D eigenvalue weighted by molar-refractivity contribution is 7.89. The summed E-state index contributed by atoms with van der Waals surface area (Å²) in [5.74, 6) is -0.369. The van der Waals surface area contributed by atoms with E-state index in [1.54, 1.807) is 29.2 Å². The van der Waals surface area contributed by atoms with Crippen LogP contribution in [0.4, 0.5) is 4.39 Å². The molecule has 1 aliphatic heterocycles. The minimum Gasteiger partial charge on any atom is -0.339 e. The molecule has 2 aromatic carbocycles. The van der Waals surface area contributed by atoms with Crippen molar-refractivity contribution < 1.29 is 17.6 Å². The second-order valence-electron chi connectivity index (χ2n) is 8.54. The number of nitrogens with one attached hydrogen (secondary N) is 1. The fourth-order valence-electron chi connectivity index (χ4n) is 4.77. The summed E-state index contributed by atoms with van der Waals surface area (Å²) in [6.07, 6.45) is 3.85. The Morgan fingerprint density at radius 3 is 2.30 bits per heavy atom. The van der Waals surface area contributed by atoms with E-state index in [4.69, 9.17) is 0 Å². The topological polar surface area (TPSA) is 93.5 Å². The van der Waals surface area contributed by atoms with Crippen molar-refractivity contribution in [3.63, 3.8) is 0 Å². The van der Waals surface area contributed by atoms with Crippen LogP contribution in [0, 0.1) is 17.1 Å². The molecule has 1 amide bonds. The van der Waals surface area contributed by atoms with Crippen LogP contribution >= 0.6 is 0 Å². The van der Waals surface area contributed by atoms with E-state index in [9.17, 15) is 22.9 Å². The lowest BCUT2D eigenvalue weighted by molar-refractivity contribution is -0.131. The van der Waals surface area contributed by atoms with Crippen LogP contribution in [0.5, 0.6) is 0 Å². The Morgan fingerprint density at radius 2 is 1.67 bits per heavy atom. The third kappa shape index (κ3) is 4.78. The molecule has 0 unspecified atom stereocenters. The molecule has 4 rings (SSSR count). The van der Waals surface area contributed by atoms with Gasteiger partial charge < -0.3 is 4.90 Å². The van der Waals surface area contributed by atoms with Crippen molar-refractivity contribution in [2.45, 2.75) is 36.1 Å². The summed E-state index contributed by atoms with van der Waals surface area (Å²) >= 11 is 0. The van der Waals surface area contributed by atoms with Crippen LogP contribution in [-0.4, -0.2) is 56.3 Å². The van der Waals surface area contributed by atoms with Crippen molar-refractivity contribution >= 4 is 15.9 Å². The molecule has 2 aliphatic rings. The molecule has 0 spiro atoms. The summed E-state index contributed by atoms with van der Waals surface area (Å²) in [4.78, 5) is 14.6. The third-order valence-electron chi connectivity index (χ3n) is 6.65. The molecule has 0 atom stereocenters. The smallest absolute Gasteiger partial charge is 0.244 e. The van der Waals surface area contributed by atoms with E-state index in [2.05, 4.69) is 5.32 Å². The van der Waals surface area contributed by atoms with Gasteiger partial charge in [0, 0.05) is 31.7 Å². The van der Waals surface area contributed by atoms with Gasteiger partial charge in [0.05, 0.1) is 17.0 Å². The summed E-state index contributed by atoms with van der Waals surface area (Å²) in [6.45, 7) is 1.07. The lowest BCUT2D eigenvalue weighted by Gasteiger charge is -2.36. The first-order valence-corrected chi connectivity index (χ1v) is 12.6. The summed E-state index contributed by atoms with van der Waals surface area (Å²) in [5, 5.41) is 12.7. The Bertz CT molecular complexity index is 1150. The van der Waals surface area contributed by atoms with Gasteiger partial charge in [0.2, 0.25) is 15.9 Å². The molecule has 2 fully saturated rings. The fraction of sp³-hybridized carbons (Fsp3) is 0.417. The largest absolute Gasteiger partial charge is 0.339 e. The van der Waals surface area contributed by atoms with Gasteiger partial charge in [-0.3, -0.25) is 10.1 Å². The number of hydrogen-bond acceptors (Lipinski definition) is 5. The second-order valence-corrected chi connectivity index (χ2v) is 10.4. The molecule has 0 radical (unpaired) electrons. The maximum Gasteiger partial charge on any atom is 0.244 e. The number of piperazine rings is 1. The zero-order valence-electron chi connectivity index (χ0n) is 18.3. The Balaban J connectivity index is 1.37. The van der Waals surface area contributed by atoms with E-state index in [1.165, 1.54) is 28.6 Å². The summed E-state index contributed by atoms with van der Waals surface area (Å²) < 4.78 is 40.7. The van der Waals surface area contributed by atoms with Crippen molar-refractivity contribution in [2.75, 3.05) is 32.7 Å². The lowest BCUT2D eigenvalue weighted by atomic mass is 9.88. The molecule has 7 nitrogen and oxygen atoms in total. The van der Waals surface area contributed by atoms with E-state index >= 15 is 0 Å². The summed E-state index contributed by atoms with van der Waals surface area (Å²) in [7, 11) is -3.80. The molecule has 0 aromatic heterocycles. The fourth-order valence-corrected chi connectivity index (χ4v) is 6.34. The Labute approximate surface area is 193 Å². The molecule has 9 heteroatoms. The number of sulfonamides is 1. The van der Waals surface area contributed by atoms with Crippen molar-refractivity contribution in [1.29, 1.82) is 5.26 Å². The van der Waals surface area contributed by atoms with E-state index in [0.717, 1.165) is 31.2 Å². The second kappa shape index (κ2) is 9.59. The van der Waals surface area contributed by atoms with Gasteiger partial charge in [-0.2, -0.15) is 9.57 Å². The molecule has 0 bridgehead atoms. The molecule has 1 saturated heterocycles. The predicted molar refractivity (Wildman–Crippen MR) is 121 cm³/mol. The standard InChI is InChI=1S/C24H27FN4O3S/c25-21-9-7-20(8-10-21)24(11-3-4-12-24)27-18-23(30)28-13-15-29(16-14-28)33(31,32)22-6-2-1-5-19(22)17-26/h1-2,5-10,27H,3-4,11-16,18H2. The van der Waals surface area contributed by atoms with Crippen LogP contribution in [-0.2, 0) is 20.4 Å². The quantitative estimate of drug-likeness (QED) is 0.701. The first-order chi connectivity index (χ1) is 15.9. The molecule has 2 aromatic rings. The maximum atomic E-state index is 13.4. The van der Waals surface area contributed by atoms with Crippen LogP contribution in [0.1, 0.15) is 36.8 Å². The van der Waals surface area contributed by atoms with E-state index in [1.807, 2.05) is 6.07 Å². The van der Waals surface area contributed by atoms with E-state index < -0.39 is 10.0 Å². The summed E-state index contributed by atoms with van der Waals surface area (Å²) in [5.41, 5.74) is 0.763. The predicted octanol–water partition coefficient (Wildman–Crippen LogP) is 2.59. The van der Waals surface area contributed by atoms with Gasteiger partial charge in [-0.05, 0) is 42.7 Å². The molecule has 1 aliphatic carbocycles. The number of carbonyl (C=O) groups excluding carboxylic acids is 1. The highest BCUT2D eigenvalue weighted by Crippen LogP contribution is 2.38. The monoisotopic (exact) mass is 470 g/mol. The Kier molecular flexibility index (Phi) is 6.79. The molecule has 1 heterocycles. The molecule has 33 heavy (non-hydrogen) atoms. The zero-order valence-corrected chi connectivity index (χ0v) is 19.2. The number of amides is 1. The van der Waals surface area contributed by atoms with Crippen molar-refractivity contribution in [3.8, 4) is 6.07 Å². The van der Waals surface area contributed by atoms with Crippen LogP contribution in [0.3, 0.4) is 0 Å². The molecule has 1 saturated carbocycles. The first-order valence-electron chi connectivity index (χ1n) is 11.1. The number of nitrogens with zero attached hydrogens (tertiary/aromatic N) is 3. The van der Waals surface area contributed by atoms with Crippen molar-refractivity contribution in [3.05, 3.63) is 65.5 Å². The lowest BCUT2D eigenvalue weighted by Crippen LogP contribution is -2.53. The van der Waals surface area contributed by atoms with Gasteiger partial charge >= 0.3 is 0 Å². The highest BCUT2D eigenvalue weighted by Gasteiger charge is 2.37. The normalized spacial score (nSPS) is 18.7. The number of benzene rings is 2. The molecule has 1 N–H and O–H groups in total. The number of hydrogen-bond donors (Lipinski definition) is 1. The highest BCUT2D eigenvalue weighted by atomic mass is 32.2. The van der Waals surface area contributed by atoms with Crippen molar-refractivity contribution in [2.24, 2.45) is 0 Å². The van der Waals surface area contributed by atoms with Gasteiger partial charge in [0.15, 0.2) is 0 Å². The molecular formula is C24H27FN4O3S. The van der Waals surface area contributed by atoms with E-state index in [-0.39, 0.29) is 60.4 Å². The Hall–Kier alpha value is -2.80. The van der Waals surface area contributed by atoms with Crippen LogP contribution < -0.4 is 5.32 Å². The van der Waals surface area contributed by atoms with Gasteiger partial charge in [0.1, 0.15) is 11.9 Å². The van der Waals surface area contributed by atoms with E-state index in [0.29, 0.717) is 0 Å². The number of carbonyl (C=O) groups is 1. The first kappa shape index (κ1) is 23.4. The minimum absolute atomic E-state index is 0.00332. The van der Waals surface area contributed by atoms with Crippen LogP contribution in [0.15, 0.2) is 53.4 Å². The maximum absolute atomic E-state index is 13.4. The van der Waals surface area contributed by atoms with Crippen LogP contribution in [0.2, 0.25) is 0 Å². The van der Waals surface area contributed by atoms with Crippen molar-refractivity contribution in [1.82, 2.24) is 14.5 Å². The van der Waals surface area contributed by atoms with Gasteiger partial charge in [0.25, 0.3) is 0 Å². The number of halogens is 1. The summed E-state index contributed by atoms with van der Waals surface area (Å²) in [6, 6.07) is 14.5. The number of rotatable bonds is 6.